The van der Waals surface area contributed by atoms with Crippen LogP contribution in [0.3, 0.4) is 0 Å². The Hall–Kier alpha value is -0.730. The van der Waals surface area contributed by atoms with Gasteiger partial charge < -0.3 is 9.84 Å². The maximum atomic E-state index is 9.24. The number of methoxy groups -OCH3 is 1. The van der Waals surface area contributed by atoms with Gasteiger partial charge in [-0.3, -0.25) is 0 Å². The van der Waals surface area contributed by atoms with E-state index in [-0.39, 0.29) is 6.10 Å². The van der Waals surface area contributed by atoms with E-state index in [1.165, 1.54) is 0 Å². The first-order chi connectivity index (χ1) is 6.54. The van der Waals surface area contributed by atoms with E-state index in [1.54, 1.807) is 14.0 Å². The summed E-state index contributed by atoms with van der Waals surface area (Å²) in [7, 11) is 1.60. The Morgan fingerprint density at radius 3 is 2.57 bits per heavy atom. The summed E-state index contributed by atoms with van der Waals surface area (Å²) in [6.07, 6.45) is 0.267. The molecule has 0 aliphatic rings. The second kappa shape index (κ2) is 4.67. The molecule has 0 spiro atoms. The van der Waals surface area contributed by atoms with Gasteiger partial charge in [-0.2, -0.15) is 0 Å². The van der Waals surface area contributed by atoms with Gasteiger partial charge in [0.1, 0.15) is 5.75 Å². The van der Waals surface area contributed by atoms with E-state index in [4.69, 9.17) is 16.3 Å². The first-order valence-corrected chi connectivity index (χ1v) is 4.93. The van der Waals surface area contributed by atoms with Crippen LogP contribution in [0.25, 0.3) is 0 Å². The Morgan fingerprint density at radius 1 is 1.50 bits per heavy atom. The molecule has 1 atom stereocenters. The highest BCUT2D eigenvalue weighted by Gasteiger charge is 2.08. The summed E-state index contributed by atoms with van der Waals surface area (Å²) >= 11 is 6.01. The second-order valence-corrected chi connectivity index (χ2v) is 3.89. The van der Waals surface area contributed by atoms with Crippen LogP contribution in [0.2, 0.25) is 5.02 Å². The van der Waals surface area contributed by atoms with Gasteiger partial charge in [-0.05, 0) is 37.5 Å². The van der Waals surface area contributed by atoms with Crippen molar-refractivity contribution >= 4 is 11.6 Å². The maximum Gasteiger partial charge on any atom is 0.140 e. The lowest BCUT2D eigenvalue weighted by molar-refractivity contribution is 0.195. The van der Waals surface area contributed by atoms with Crippen LogP contribution >= 0.6 is 11.6 Å². The molecule has 0 heterocycles. The van der Waals surface area contributed by atoms with E-state index in [1.807, 2.05) is 19.1 Å². The molecule has 0 fully saturated rings. The van der Waals surface area contributed by atoms with Crippen LogP contribution in [0.1, 0.15) is 18.1 Å². The number of rotatable bonds is 3. The van der Waals surface area contributed by atoms with Gasteiger partial charge in [-0.25, -0.2) is 0 Å². The molecule has 2 nitrogen and oxygen atoms in total. The molecule has 0 aliphatic carbocycles. The van der Waals surface area contributed by atoms with Gasteiger partial charge >= 0.3 is 0 Å². The number of aryl methyl sites for hydroxylation is 1. The van der Waals surface area contributed by atoms with Crippen molar-refractivity contribution in [3.05, 3.63) is 28.3 Å². The molecule has 1 rings (SSSR count). The van der Waals surface area contributed by atoms with E-state index in [0.29, 0.717) is 17.2 Å². The standard InChI is InChI=1S/C11H15ClO2/c1-7-4-9(5-8(2)13)6-10(12)11(7)14-3/h4,6,8,13H,5H2,1-3H3. The van der Waals surface area contributed by atoms with E-state index >= 15 is 0 Å². The van der Waals surface area contributed by atoms with Crippen molar-refractivity contribution in [2.45, 2.75) is 26.4 Å². The number of aliphatic hydroxyl groups excluding tert-OH is 1. The minimum atomic E-state index is -0.348. The first kappa shape index (κ1) is 11.3. The lowest BCUT2D eigenvalue weighted by Crippen LogP contribution is -2.04. The second-order valence-electron chi connectivity index (χ2n) is 3.48. The van der Waals surface area contributed by atoms with Gasteiger partial charge in [0.15, 0.2) is 0 Å². The minimum Gasteiger partial charge on any atom is -0.495 e. The SMILES string of the molecule is COc1c(C)cc(CC(C)O)cc1Cl. The predicted octanol–water partition coefficient (Wildman–Crippen LogP) is 2.58. The van der Waals surface area contributed by atoms with Crippen LogP contribution in [0.4, 0.5) is 0 Å². The van der Waals surface area contributed by atoms with E-state index in [0.717, 1.165) is 11.1 Å². The van der Waals surface area contributed by atoms with Crippen LogP contribution in [0.15, 0.2) is 12.1 Å². The summed E-state index contributed by atoms with van der Waals surface area (Å²) in [6, 6.07) is 3.82. The van der Waals surface area contributed by atoms with E-state index in [9.17, 15) is 5.11 Å². The Labute approximate surface area is 89.5 Å². The highest BCUT2D eigenvalue weighted by atomic mass is 35.5. The molecule has 0 amide bonds. The van der Waals surface area contributed by atoms with E-state index < -0.39 is 0 Å². The minimum absolute atomic E-state index is 0.348. The number of hydrogen-bond donors (Lipinski definition) is 1. The average Bonchev–Trinajstić information content (AvgIpc) is 2.01. The Morgan fingerprint density at radius 2 is 2.14 bits per heavy atom. The van der Waals surface area contributed by atoms with Crippen LogP contribution < -0.4 is 4.74 Å². The summed E-state index contributed by atoms with van der Waals surface area (Å²) in [5, 5.41) is 9.84. The molecular weight excluding hydrogens is 200 g/mol. The molecule has 14 heavy (non-hydrogen) atoms. The predicted molar refractivity (Wildman–Crippen MR) is 58.1 cm³/mol. The Kier molecular flexibility index (Phi) is 3.78. The average molecular weight is 215 g/mol. The molecule has 1 aromatic rings. The molecular formula is C11H15ClO2. The monoisotopic (exact) mass is 214 g/mol. The molecule has 0 aromatic heterocycles. The molecule has 1 aromatic carbocycles. The molecule has 3 heteroatoms. The van der Waals surface area contributed by atoms with Gasteiger partial charge in [0.25, 0.3) is 0 Å². The maximum absolute atomic E-state index is 9.24. The number of ether oxygens (including phenoxy) is 1. The lowest BCUT2D eigenvalue weighted by atomic mass is 10.1. The third kappa shape index (κ3) is 2.63. The van der Waals surface area contributed by atoms with Crippen LogP contribution in [0, 0.1) is 6.92 Å². The highest BCUT2D eigenvalue weighted by molar-refractivity contribution is 6.32. The van der Waals surface area contributed by atoms with Gasteiger partial charge in [0, 0.05) is 0 Å². The van der Waals surface area contributed by atoms with Crippen molar-refractivity contribution in [2.24, 2.45) is 0 Å². The fourth-order valence-corrected chi connectivity index (χ4v) is 1.89. The van der Waals surface area contributed by atoms with E-state index in [2.05, 4.69) is 0 Å². The lowest BCUT2D eigenvalue weighted by Gasteiger charge is -2.10. The van der Waals surface area contributed by atoms with Crippen LogP contribution in [-0.2, 0) is 6.42 Å². The number of halogens is 1. The zero-order valence-corrected chi connectivity index (χ0v) is 9.43. The molecule has 0 saturated heterocycles. The first-order valence-electron chi connectivity index (χ1n) is 4.55. The summed E-state index contributed by atoms with van der Waals surface area (Å²) in [5.74, 6) is 0.709. The fraction of sp³-hybridized carbons (Fsp3) is 0.455. The number of hydrogen-bond acceptors (Lipinski definition) is 2. The van der Waals surface area contributed by atoms with Crippen molar-refractivity contribution in [3.8, 4) is 5.75 Å². The molecule has 0 radical (unpaired) electrons. The Bertz CT molecular complexity index is 298. The summed E-state index contributed by atoms with van der Waals surface area (Å²) in [5.41, 5.74) is 2.03. The molecule has 1 N–H and O–H groups in total. The zero-order chi connectivity index (χ0) is 10.7. The number of benzene rings is 1. The molecule has 0 saturated carbocycles. The normalized spacial score (nSPS) is 12.6. The van der Waals surface area contributed by atoms with Gasteiger partial charge in [0.2, 0.25) is 0 Å². The van der Waals surface area contributed by atoms with Gasteiger partial charge in [0.05, 0.1) is 18.2 Å². The molecule has 1 unspecified atom stereocenters. The van der Waals surface area contributed by atoms with Crippen molar-refractivity contribution in [3.63, 3.8) is 0 Å². The quantitative estimate of drug-likeness (QED) is 0.838. The third-order valence-electron chi connectivity index (χ3n) is 2.02. The fourth-order valence-electron chi connectivity index (χ4n) is 1.52. The smallest absolute Gasteiger partial charge is 0.140 e. The van der Waals surface area contributed by atoms with Crippen molar-refractivity contribution < 1.29 is 9.84 Å². The van der Waals surface area contributed by atoms with Crippen LogP contribution in [0.5, 0.6) is 5.75 Å². The summed E-state index contributed by atoms with van der Waals surface area (Å²) in [6.45, 7) is 3.70. The third-order valence-corrected chi connectivity index (χ3v) is 2.31. The molecule has 78 valence electrons. The summed E-state index contributed by atoms with van der Waals surface area (Å²) in [4.78, 5) is 0. The topological polar surface area (TPSA) is 29.5 Å². The van der Waals surface area contributed by atoms with Crippen molar-refractivity contribution in [1.82, 2.24) is 0 Å². The van der Waals surface area contributed by atoms with Gasteiger partial charge in [-0.1, -0.05) is 17.7 Å². The largest absolute Gasteiger partial charge is 0.495 e. The van der Waals surface area contributed by atoms with Crippen LogP contribution in [-0.4, -0.2) is 18.3 Å². The van der Waals surface area contributed by atoms with Crippen molar-refractivity contribution in [2.75, 3.05) is 7.11 Å². The van der Waals surface area contributed by atoms with Crippen molar-refractivity contribution in [1.29, 1.82) is 0 Å². The number of aliphatic hydroxyl groups is 1. The zero-order valence-electron chi connectivity index (χ0n) is 8.67. The molecule has 0 bridgehead atoms. The molecule has 0 aliphatic heterocycles. The highest BCUT2D eigenvalue weighted by Crippen LogP contribution is 2.29. The Balaban J connectivity index is 3.01. The van der Waals surface area contributed by atoms with Gasteiger partial charge in [-0.15, -0.1) is 0 Å². The summed E-state index contributed by atoms with van der Waals surface area (Å²) < 4.78 is 5.14.